The van der Waals surface area contributed by atoms with Crippen LogP contribution in [0.1, 0.15) is 79.6 Å². The first-order valence-corrected chi connectivity index (χ1v) is 14.7. The number of aliphatic hydroxyl groups is 1. The van der Waals surface area contributed by atoms with Crippen molar-refractivity contribution >= 4 is 41.5 Å². The highest BCUT2D eigenvalue weighted by molar-refractivity contribution is 5.98. The highest BCUT2D eigenvalue weighted by Crippen LogP contribution is 2.12. The molecular weight excluding hydrogens is 566 g/mol. The molecule has 1 fully saturated rings. The average molecular weight is 614 g/mol. The van der Waals surface area contributed by atoms with Crippen LogP contribution in [-0.4, -0.2) is 105 Å². The standard InChI is InChI=1S/C28H47N5O10/c1-6-17(7-2)24(38)32-23(16(5)34)27(41)30-18(13-21(35)33-10-8-9-11-33)25(39)29-19(14-22(36)37)26(40)31-20(28(42)43)12-15(3)4/h15-20,23,34H,6-14H2,1-5H3,(H,29,39)(H,30,41)(H,31,40)(H,32,38)(H,36,37)(H,42,43). The fraction of sp³-hybridized carbons (Fsp3) is 0.750. The first-order valence-electron chi connectivity index (χ1n) is 14.7. The number of hydrogen-bond acceptors (Lipinski definition) is 8. The van der Waals surface area contributed by atoms with Gasteiger partial charge in [0.2, 0.25) is 29.5 Å². The van der Waals surface area contributed by atoms with Crippen LogP contribution in [0.3, 0.4) is 0 Å². The molecule has 0 aromatic rings. The summed E-state index contributed by atoms with van der Waals surface area (Å²) < 4.78 is 0. The van der Waals surface area contributed by atoms with Gasteiger partial charge in [-0.05, 0) is 44.9 Å². The fourth-order valence-electron chi connectivity index (χ4n) is 4.70. The van der Waals surface area contributed by atoms with Crippen LogP contribution in [-0.2, 0) is 33.6 Å². The van der Waals surface area contributed by atoms with Crippen molar-refractivity contribution in [1.29, 1.82) is 0 Å². The first kappa shape index (κ1) is 37.3. The molecule has 0 bridgehead atoms. The summed E-state index contributed by atoms with van der Waals surface area (Å²) in [6, 6.07) is -6.17. The van der Waals surface area contributed by atoms with Crippen LogP contribution in [0.4, 0.5) is 0 Å². The van der Waals surface area contributed by atoms with E-state index in [9.17, 15) is 48.9 Å². The monoisotopic (exact) mass is 613 g/mol. The summed E-state index contributed by atoms with van der Waals surface area (Å²) in [5.41, 5.74) is 0. The number of carboxylic acids is 2. The van der Waals surface area contributed by atoms with Crippen LogP contribution in [0.15, 0.2) is 0 Å². The molecule has 1 aliphatic heterocycles. The Bertz CT molecular complexity index is 1010. The first-order chi connectivity index (χ1) is 20.1. The molecule has 1 saturated heterocycles. The predicted molar refractivity (Wildman–Crippen MR) is 153 cm³/mol. The molecule has 0 radical (unpaired) electrons. The third-order valence-corrected chi connectivity index (χ3v) is 7.22. The molecule has 244 valence electrons. The Balaban J connectivity index is 3.25. The zero-order chi connectivity index (χ0) is 32.9. The molecule has 5 amide bonds. The van der Waals surface area contributed by atoms with Crippen LogP contribution >= 0.6 is 0 Å². The van der Waals surface area contributed by atoms with Gasteiger partial charge in [0.05, 0.1) is 18.9 Å². The Hall–Kier alpha value is -3.75. The van der Waals surface area contributed by atoms with Crippen molar-refractivity contribution in [2.75, 3.05) is 13.1 Å². The molecule has 0 aromatic heterocycles. The van der Waals surface area contributed by atoms with Gasteiger partial charge < -0.3 is 41.5 Å². The van der Waals surface area contributed by atoms with Crippen molar-refractivity contribution in [2.24, 2.45) is 11.8 Å². The maximum absolute atomic E-state index is 13.4. The van der Waals surface area contributed by atoms with E-state index in [-0.39, 0.29) is 12.3 Å². The number of likely N-dealkylation sites (tertiary alicyclic amines) is 1. The van der Waals surface area contributed by atoms with E-state index >= 15 is 0 Å². The van der Waals surface area contributed by atoms with Crippen molar-refractivity contribution < 1.29 is 48.9 Å². The molecule has 1 heterocycles. The normalized spacial score (nSPS) is 16.5. The lowest BCUT2D eigenvalue weighted by atomic mass is 10.0. The minimum Gasteiger partial charge on any atom is -0.481 e. The molecule has 5 atom stereocenters. The van der Waals surface area contributed by atoms with Gasteiger partial charge in [-0.1, -0.05) is 27.7 Å². The van der Waals surface area contributed by atoms with E-state index in [2.05, 4.69) is 21.3 Å². The Morgan fingerprint density at radius 1 is 0.698 bits per heavy atom. The fourth-order valence-corrected chi connectivity index (χ4v) is 4.70. The van der Waals surface area contributed by atoms with Gasteiger partial charge in [0.25, 0.3) is 0 Å². The van der Waals surface area contributed by atoms with Gasteiger partial charge in [0.15, 0.2) is 0 Å². The van der Waals surface area contributed by atoms with E-state index in [1.54, 1.807) is 27.7 Å². The van der Waals surface area contributed by atoms with E-state index in [0.717, 1.165) is 12.8 Å². The molecule has 1 aliphatic rings. The third kappa shape index (κ3) is 12.6. The number of carbonyl (C=O) groups excluding carboxylic acids is 5. The van der Waals surface area contributed by atoms with E-state index in [4.69, 9.17) is 0 Å². The van der Waals surface area contributed by atoms with Crippen molar-refractivity contribution in [3.8, 4) is 0 Å². The SMILES string of the molecule is CCC(CC)C(=O)NC(C(=O)NC(CC(=O)N1CCCC1)C(=O)NC(CC(=O)O)C(=O)NC(CC(C)C)C(=O)O)C(C)O. The van der Waals surface area contributed by atoms with Crippen molar-refractivity contribution in [3.63, 3.8) is 0 Å². The Labute approximate surface area is 251 Å². The maximum Gasteiger partial charge on any atom is 0.326 e. The summed E-state index contributed by atoms with van der Waals surface area (Å²) in [5.74, 6) is -7.43. The predicted octanol–water partition coefficient (Wildman–Crippen LogP) is -0.639. The van der Waals surface area contributed by atoms with Gasteiger partial charge in [-0.2, -0.15) is 0 Å². The number of aliphatic hydroxyl groups excluding tert-OH is 1. The molecule has 5 unspecified atom stereocenters. The molecule has 1 rings (SSSR count). The summed E-state index contributed by atoms with van der Waals surface area (Å²) >= 11 is 0. The lowest BCUT2D eigenvalue weighted by molar-refractivity contribution is -0.144. The Kier molecular flexibility index (Phi) is 15.6. The lowest BCUT2D eigenvalue weighted by Crippen LogP contribution is -2.60. The number of carbonyl (C=O) groups is 7. The molecular formula is C28H47N5O10. The Morgan fingerprint density at radius 3 is 1.63 bits per heavy atom. The van der Waals surface area contributed by atoms with Crippen LogP contribution in [0.2, 0.25) is 0 Å². The number of rotatable bonds is 18. The highest BCUT2D eigenvalue weighted by Gasteiger charge is 2.36. The number of nitrogens with zero attached hydrogens (tertiary/aromatic N) is 1. The quantitative estimate of drug-likeness (QED) is 0.103. The van der Waals surface area contributed by atoms with Gasteiger partial charge in [0, 0.05) is 19.0 Å². The van der Waals surface area contributed by atoms with E-state index in [1.807, 2.05) is 0 Å². The van der Waals surface area contributed by atoms with Gasteiger partial charge in [-0.15, -0.1) is 0 Å². The molecule has 7 N–H and O–H groups in total. The second kappa shape index (κ2) is 18.0. The Morgan fingerprint density at radius 2 is 1.19 bits per heavy atom. The zero-order valence-electron chi connectivity index (χ0n) is 25.6. The smallest absolute Gasteiger partial charge is 0.326 e. The zero-order valence-corrected chi connectivity index (χ0v) is 25.6. The molecule has 0 saturated carbocycles. The largest absolute Gasteiger partial charge is 0.481 e. The minimum absolute atomic E-state index is 0.0429. The summed E-state index contributed by atoms with van der Waals surface area (Å²) in [6.07, 6.45) is -0.313. The van der Waals surface area contributed by atoms with Crippen LogP contribution < -0.4 is 21.3 Å². The molecule has 15 heteroatoms. The van der Waals surface area contributed by atoms with Gasteiger partial charge >= 0.3 is 11.9 Å². The summed E-state index contributed by atoms with van der Waals surface area (Å²) in [5, 5.41) is 38.4. The van der Waals surface area contributed by atoms with Crippen molar-refractivity contribution in [3.05, 3.63) is 0 Å². The van der Waals surface area contributed by atoms with E-state index in [1.165, 1.54) is 11.8 Å². The number of amides is 5. The second-order valence-corrected chi connectivity index (χ2v) is 11.3. The van der Waals surface area contributed by atoms with Gasteiger partial charge in [0.1, 0.15) is 24.2 Å². The highest BCUT2D eigenvalue weighted by atomic mass is 16.4. The second-order valence-electron chi connectivity index (χ2n) is 11.3. The molecule has 0 aromatic carbocycles. The molecule has 0 spiro atoms. The number of aliphatic carboxylic acids is 2. The topological polar surface area (TPSA) is 232 Å². The molecule has 15 nitrogen and oxygen atoms in total. The summed E-state index contributed by atoms with van der Waals surface area (Å²) in [7, 11) is 0. The molecule has 43 heavy (non-hydrogen) atoms. The van der Waals surface area contributed by atoms with Crippen molar-refractivity contribution in [2.45, 2.75) is 110 Å². The maximum atomic E-state index is 13.4. The van der Waals surface area contributed by atoms with Crippen molar-refractivity contribution in [1.82, 2.24) is 26.2 Å². The summed E-state index contributed by atoms with van der Waals surface area (Å²) in [6.45, 7) is 9.21. The third-order valence-electron chi connectivity index (χ3n) is 7.22. The van der Waals surface area contributed by atoms with E-state index in [0.29, 0.717) is 25.9 Å². The van der Waals surface area contributed by atoms with Gasteiger partial charge in [-0.25, -0.2) is 4.79 Å². The number of carboxylic acid groups (broad SMARTS) is 2. The molecule has 0 aliphatic carbocycles. The van der Waals surface area contributed by atoms with Crippen LogP contribution in [0.5, 0.6) is 0 Å². The minimum atomic E-state index is -1.73. The van der Waals surface area contributed by atoms with E-state index < -0.39 is 90.5 Å². The average Bonchev–Trinajstić information content (AvgIpc) is 3.45. The van der Waals surface area contributed by atoms with Crippen LogP contribution in [0.25, 0.3) is 0 Å². The van der Waals surface area contributed by atoms with Crippen LogP contribution in [0, 0.1) is 11.8 Å². The number of nitrogens with one attached hydrogen (secondary N) is 4. The summed E-state index contributed by atoms with van der Waals surface area (Å²) in [4.78, 5) is 89.8. The number of hydrogen-bond donors (Lipinski definition) is 7. The lowest BCUT2D eigenvalue weighted by Gasteiger charge is -2.28. The van der Waals surface area contributed by atoms with Gasteiger partial charge in [-0.3, -0.25) is 28.8 Å².